The predicted molar refractivity (Wildman–Crippen MR) is 162 cm³/mol. The summed E-state index contributed by atoms with van der Waals surface area (Å²) >= 11 is 0. The first-order valence-electron chi connectivity index (χ1n) is 15.1. The first kappa shape index (κ1) is 27.6. The van der Waals surface area contributed by atoms with Gasteiger partial charge < -0.3 is 4.74 Å². The second kappa shape index (κ2) is 12.5. The first-order valence-corrected chi connectivity index (χ1v) is 15.1. The summed E-state index contributed by atoms with van der Waals surface area (Å²) in [5.41, 5.74) is 9.83. The Labute approximate surface area is 235 Å². The number of carbonyl (C=O) groups is 1. The van der Waals surface area contributed by atoms with Gasteiger partial charge in [0.2, 0.25) is 0 Å². The average Bonchev–Trinajstić information content (AvgIpc) is 3.46. The van der Waals surface area contributed by atoms with E-state index in [2.05, 4.69) is 80.4 Å². The van der Waals surface area contributed by atoms with Crippen LogP contribution in [0.5, 0.6) is 0 Å². The highest BCUT2D eigenvalue weighted by Gasteiger charge is 2.27. The lowest BCUT2D eigenvalue weighted by molar-refractivity contribution is 0.0987. The highest BCUT2D eigenvalue weighted by molar-refractivity contribution is 6.02. The van der Waals surface area contributed by atoms with E-state index in [1.807, 2.05) is 6.92 Å². The van der Waals surface area contributed by atoms with Gasteiger partial charge in [-0.05, 0) is 118 Å². The van der Waals surface area contributed by atoms with Gasteiger partial charge in [-0.3, -0.25) is 9.69 Å². The van der Waals surface area contributed by atoms with E-state index >= 15 is 0 Å². The summed E-state index contributed by atoms with van der Waals surface area (Å²) in [6, 6.07) is 15.7. The van der Waals surface area contributed by atoms with E-state index in [9.17, 15) is 4.79 Å². The molecule has 3 nitrogen and oxygen atoms in total. The van der Waals surface area contributed by atoms with Crippen molar-refractivity contribution in [1.82, 2.24) is 4.90 Å². The molecule has 1 unspecified atom stereocenters. The third-order valence-electron chi connectivity index (χ3n) is 9.03. The Bertz CT molecular complexity index is 1290. The van der Waals surface area contributed by atoms with Crippen molar-refractivity contribution in [1.29, 1.82) is 0 Å². The molecule has 39 heavy (non-hydrogen) atoms. The molecule has 206 valence electrons. The third-order valence-corrected chi connectivity index (χ3v) is 9.03. The number of ether oxygens (including phenoxy) is 1. The van der Waals surface area contributed by atoms with Gasteiger partial charge >= 0.3 is 0 Å². The molecule has 0 spiro atoms. The number of Topliss-reactive ketones (excluding diaryl/α,β-unsaturated/α-hetero) is 1. The lowest BCUT2D eigenvalue weighted by Gasteiger charge is -2.34. The Balaban J connectivity index is 1.57. The van der Waals surface area contributed by atoms with Crippen LogP contribution in [-0.4, -0.2) is 30.4 Å². The van der Waals surface area contributed by atoms with Crippen LogP contribution in [0.2, 0.25) is 0 Å². The molecule has 2 aromatic carbocycles. The minimum atomic E-state index is 0.218. The van der Waals surface area contributed by atoms with Gasteiger partial charge in [-0.15, -0.1) is 0 Å². The molecule has 0 radical (unpaired) electrons. The predicted octanol–water partition coefficient (Wildman–Crippen LogP) is 8.93. The van der Waals surface area contributed by atoms with Gasteiger partial charge in [0.1, 0.15) is 5.76 Å². The van der Waals surface area contributed by atoms with Crippen LogP contribution in [-0.2, 0) is 11.2 Å². The number of benzene rings is 2. The Morgan fingerprint density at radius 2 is 1.77 bits per heavy atom. The van der Waals surface area contributed by atoms with E-state index in [1.165, 1.54) is 60.0 Å². The second-order valence-corrected chi connectivity index (χ2v) is 11.8. The van der Waals surface area contributed by atoms with Gasteiger partial charge in [-0.2, -0.15) is 0 Å². The zero-order valence-corrected chi connectivity index (χ0v) is 24.4. The van der Waals surface area contributed by atoms with E-state index in [-0.39, 0.29) is 11.9 Å². The minimum Gasteiger partial charge on any atom is -0.490 e. The molecular weight excluding hydrogens is 478 g/mol. The fraction of sp³-hybridized carbons (Fsp3) is 0.472. The largest absolute Gasteiger partial charge is 0.490 e. The molecular formula is C36H45NO2. The minimum absolute atomic E-state index is 0.218. The van der Waals surface area contributed by atoms with Crippen LogP contribution in [0.15, 0.2) is 71.5 Å². The lowest BCUT2D eigenvalue weighted by Crippen LogP contribution is -2.30. The molecule has 0 aromatic heterocycles. The van der Waals surface area contributed by atoms with Gasteiger partial charge in [0.15, 0.2) is 5.78 Å². The van der Waals surface area contributed by atoms with Gasteiger partial charge in [-0.25, -0.2) is 0 Å². The molecule has 0 amide bonds. The number of fused-ring (bicyclic) bond motifs is 1. The molecule has 3 aliphatic carbocycles. The van der Waals surface area contributed by atoms with Crippen molar-refractivity contribution in [2.45, 2.75) is 97.1 Å². The second-order valence-electron chi connectivity index (χ2n) is 11.8. The van der Waals surface area contributed by atoms with Crippen LogP contribution in [0.1, 0.15) is 110 Å². The van der Waals surface area contributed by atoms with E-state index in [0.29, 0.717) is 12.5 Å². The van der Waals surface area contributed by atoms with Crippen LogP contribution in [0.25, 0.3) is 5.57 Å². The third kappa shape index (κ3) is 6.14. The number of ketones is 1. The summed E-state index contributed by atoms with van der Waals surface area (Å²) in [5.74, 6) is 1.23. The topological polar surface area (TPSA) is 29.5 Å². The maximum Gasteiger partial charge on any atom is 0.163 e. The van der Waals surface area contributed by atoms with Gasteiger partial charge in [0, 0.05) is 30.1 Å². The quantitative estimate of drug-likeness (QED) is 0.323. The molecule has 2 aromatic rings. The summed E-state index contributed by atoms with van der Waals surface area (Å²) in [6.45, 7) is 7.13. The molecule has 0 N–H and O–H groups in total. The van der Waals surface area contributed by atoms with Crippen LogP contribution >= 0.6 is 0 Å². The van der Waals surface area contributed by atoms with Gasteiger partial charge in [0.05, 0.1) is 6.10 Å². The Morgan fingerprint density at radius 1 is 0.974 bits per heavy atom. The molecule has 3 heteroatoms. The summed E-state index contributed by atoms with van der Waals surface area (Å²) in [4.78, 5) is 15.6. The van der Waals surface area contributed by atoms with Gasteiger partial charge in [-0.1, -0.05) is 55.5 Å². The molecule has 0 saturated heterocycles. The number of hydrogen-bond acceptors (Lipinski definition) is 3. The lowest BCUT2D eigenvalue weighted by atomic mass is 9.86. The number of nitrogens with zero attached hydrogens (tertiary/aromatic N) is 1. The number of carbonyl (C=O) groups excluding carboxylic acids is 1. The van der Waals surface area contributed by atoms with E-state index < -0.39 is 0 Å². The molecule has 0 bridgehead atoms. The zero-order valence-electron chi connectivity index (χ0n) is 24.4. The van der Waals surface area contributed by atoms with Crippen molar-refractivity contribution in [2.75, 3.05) is 13.6 Å². The van der Waals surface area contributed by atoms with Crippen molar-refractivity contribution in [3.63, 3.8) is 0 Å². The van der Waals surface area contributed by atoms with Crippen molar-refractivity contribution in [3.8, 4) is 0 Å². The number of hydrogen-bond donors (Lipinski definition) is 0. The van der Waals surface area contributed by atoms with Crippen molar-refractivity contribution in [3.05, 3.63) is 99.3 Å². The molecule has 1 atom stereocenters. The summed E-state index contributed by atoms with van der Waals surface area (Å²) < 4.78 is 6.89. The number of likely N-dealkylation sites (N-methyl/N-ethyl adjacent to an activating group) is 1. The zero-order chi connectivity index (χ0) is 27.4. The highest BCUT2D eigenvalue weighted by Crippen LogP contribution is 2.37. The van der Waals surface area contributed by atoms with Gasteiger partial charge in [0.25, 0.3) is 0 Å². The average molecular weight is 524 g/mol. The highest BCUT2D eigenvalue weighted by atomic mass is 16.5. The van der Waals surface area contributed by atoms with Crippen LogP contribution in [0.4, 0.5) is 0 Å². The standard InChI is InChI=1S/C36H45NO2/c1-5-34(38)36-26(3)14-11-21-31(36)28-17-10-13-25(2)32(35(23-28)39-29-18-7-8-19-29)24-37(4)33-22-12-16-27-15-6-9-20-30(27)33/h6,9,11,13-15,20-21,23,29,33H,5,7-8,10,12,16-19,22,24H2,1-4H3/b25-13-,28-23+,35-32+. The number of allylic oxidation sites excluding steroid dienone is 3. The van der Waals surface area contributed by atoms with E-state index in [1.54, 1.807) is 0 Å². The Kier molecular flexibility index (Phi) is 8.87. The van der Waals surface area contributed by atoms with Crippen molar-refractivity contribution >= 4 is 11.4 Å². The van der Waals surface area contributed by atoms with E-state index in [4.69, 9.17) is 4.74 Å². The Hall–Kier alpha value is -2.91. The van der Waals surface area contributed by atoms with Crippen LogP contribution in [0.3, 0.4) is 0 Å². The Morgan fingerprint density at radius 3 is 2.56 bits per heavy atom. The normalized spacial score (nSPS) is 24.8. The van der Waals surface area contributed by atoms with Crippen LogP contribution in [0, 0.1) is 6.92 Å². The number of rotatable bonds is 8. The fourth-order valence-electron chi connectivity index (χ4n) is 6.81. The summed E-state index contributed by atoms with van der Waals surface area (Å²) in [6.07, 6.45) is 15.7. The maximum atomic E-state index is 13.1. The molecule has 0 heterocycles. The maximum absolute atomic E-state index is 13.1. The number of aryl methyl sites for hydroxylation is 2. The van der Waals surface area contributed by atoms with Crippen molar-refractivity contribution in [2.24, 2.45) is 0 Å². The smallest absolute Gasteiger partial charge is 0.163 e. The van der Waals surface area contributed by atoms with Crippen LogP contribution < -0.4 is 0 Å². The SMILES string of the molecule is CCC(=O)c1c(C)cccc1/C1=C/C(OC2CCCC2)=C(CN(C)C2CCCc3ccccc32)\C(C)=C/CC1. The fourth-order valence-corrected chi connectivity index (χ4v) is 6.81. The molecule has 3 aliphatic rings. The summed E-state index contributed by atoms with van der Waals surface area (Å²) in [5, 5.41) is 0. The molecule has 1 saturated carbocycles. The molecule has 1 fully saturated rings. The van der Waals surface area contributed by atoms with Crippen molar-refractivity contribution < 1.29 is 9.53 Å². The molecule has 0 aliphatic heterocycles. The van der Waals surface area contributed by atoms with E-state index in [0.717, 1.165) is 54.7 Å². The summed E-state index contributed by atoms with van der Waals surface area (Å²) in [7, 11) is 2.28. The monoisotopic (exact) mass is 523 g/mol. The first-order chi connectivity index (χ1) is 19.0. The molecule has 5 rings (SSSR count).